The minimum Gasteiger partial charge on any atom is -0.381 e. The lowest BCUT2D eigenvalue weighted by Crippen LogP contribution is -2.38. The predicted molar refractivity (Wildman–Crippen MR) is 143 cm³/mol. The van der Waals surface area contributed by atoms with Crippen LogP contribution >= 0.6 is 0 Å². The molecule has 0 saturated carbocycles. The Balaban J connectivity index is 1.70. The monoisotopic (exact) mass is 498 g/mol. The van der Waals surface area contributed by atoms with Crippen LogP contribution in [0.25, 0.3) is 11.3 Å². The Kier molecular flexibility index (Phi) is 7.90. The van der Waals surface area contributed by atoms with Crippen molar-refractivity contribution in [3.05, 3.63) is 118 Å². The van der Waals surface area contributed by atoms with Gasteiger partial charge in [-0.25, -0.2) is 8.96 Å². The maximum Gasteiger partial charge on any atom is 0.281 e. The van der Waals surface area contributed by atoms with Gasteiger partial charge in [0.05, 0.1) is 11.7 Å². The van der Waals surface area contributed by atoms with Gasteiger partial charge in [0, 0.05) is 17.8 Å². The van der Waals surface area contributed by atoms with Gasteiger partial charge < -0.3 is 16.0 Å². The summed E-state index contributed by atoms with van der Waals surface area (Å²) < 4.78 is 14.3. The van der Waals surface area contributed by atoms with E-state index in [0.29, 0.717) is 23.5 Å². The molecule has 0 spiro atoms. The molecule has 1 amide bonds. The first-order valence-corrected chi connectivity index (χ1v) is 11.8. The van der Waals surface area contributed by atoms with Crippen LogP contribution in [-0.4, -0.2) is 29.5 Å². The smallest absolute Gasteiger partial charge is 0.281 e. The van der Waals surface area contributed by atoms with Gasteiger partial charge in [-0.2, -0.15) is 0 Å². The highest BCUT2D eigenvalue weighted by Gasteiger charge is 2.20. The van der Waals surface area contributed by atoms with Crippen molar-refractivity contribution < 1.29 is 14.0 Å². The van der Waals surface area contributed by atoms with Gasteiger partial charge in [0.25, 0.3) is 11.5 Å². The molecule has 0 bridgehead atoms. The van der Waals surface area contributed by atoms with Crippen LogP contribution in [0.2, 0.25) is 0 Å². The number of carbonyl (C=O) groups is 2. The maximum atomic E-state index is 13.7. The zero-order valence-electron chi connectivity index (χ0n) is 20.5. The molecule has 0 aliphatic rings. The summed E-state index contributed by atoms with van der Waals surface area (Å²) in [6.07, 6.45) is 0. The molecule has 188 valence electrons. The first kappa shape index (κ1) is 25.5. The van der Waals surface area contributed by atoms with Crippen molar-refractivity contribution in [1.29, 1.82) is 0 Å². The third-order valence-electron chi connectivity index (χ3n) is 5.96. The fourth-order valence-electron chi connectivity index (χ4n) is 3.74. The molecule has 0 fully saturated rings. The largest absolute Gasteiger partial charge is 0.381 e. The number of hydrogen-bond donors (Lipinski definition) is 3. The summed E-state index contributed by atoms with van der Waals surface area (Å²) >= 11 is 0. The molecular formula is C29H27FN4O3. The number of hydrogen-bond acceptors (Lipinski definition) is 5. The third-order valence-corrected chi connectivity index (χ3v) is 5.96. The molecule has 0 unspecified atom stereocenters. The Hall–Kier alpha value is -4.56. The number of rotatable bonds is 8. The molecule has 7 nitrogen and oxygen atoms in total. The second kappa shape index (κ2) is 11.5. The Labute approximate surface area is 214 Å². The number of nitrogens with zero attached hydrogens (tertiary/aromatic N) is 1. The van der Waals surface area contributed by atoms with Gasteiger partial charge in [-0.05, 0) is 67.6 Å². The van der Waals surface area contributed by atoms with Gasteiger partial charge in [0.2, 0.25) is 5.91 Å². The molecule has 0 aliphatic heterocycles. The molecule has 0 radical (unpaired) electrons. The maximum absolute atomic E-state index is 13.7. The van der Waals surface area contributed by atoms with Crippen molar-refractivity contribution in [2.75, 3.05) is 17.7 Å². The van der Waals surface area contributed by atoms with Gasteiger partial charge in [0.1, 0.15) is 11.5 Å². The van der Waals surface area contributed by atoms with Crippen LogP contribution in [-0.2, 0) is 11.3 Å². The summed E-state index contributed by atoms with van der Waals surface area (Å²) in [5.41, 5.74) is 2.28. The topological polar surface area (TPSA) is 92.2 Å². The number of likely N-dealkylation sites (N-methyl/N-ethyl adjacent to an activating group) is 1. The van der Waals surface area contributed by atoms with E-state index in [9.17, 15) is 18.8 Å². The standard InChI is InChI=1S/C29H27FN4O3/c1-19(31-2)27(35)33-25-15-16-26(21-7-4-3-5-8-21)34(29(25)37)28(36)22-9-6-10-24(17-22)32-18-20-11-13-23(30)14-12-20/h3-17,19,31-32H,18H2,1-2H3,(H,33,35)/t19-/m0/s1. The average molecular weight is 499 g/mol. The molecule has 1 aromatic heterocycles. The molecule has 8 heteroatoms. The van der Waals surface area contributed by atoms with Crippen molar-refractivity contribution in [2.45, 2.75) is 19.5 Å². The Morgan fingerprint density at radius 2 is 1.65 bits per heavy atom. The lowest BCUT2D eigenvalue weighted by molar-refractivity contribution is -0.117. The van der Waals surface area contributed by atoms with E-state index >= 15 is 0 Å². The molecular weight excluding hydrogens is 471 g/mol. The SMILES string of the molecule is CN[C@@H](C)C(=O)Nc1ccc(-c2ccccc2)n(C(=O)c2cccc(NCc3ccc(F)cc3)c2)c1=O. The molecule has 1 heterocycles. The van der Waals surface area contributed by atoms with Crippen LogP contribution in [0, 0.1) is 5.82 Å². The molecule has 4 rings (SSSR count). The van der Waals surface area contributed by atoms with Crippen molar-refractivity contribution in [3.8, 4) is 11.3 Å². The molecule has 0 saturated heterocycles. The average Bonchev–Trinajstić information content (AvgIpc) is 2.93. The zero-order valence-corrected chi connectivity index (χ0v) is 20.5. The second-order valence-corrected chi connectivity index (χ2v) is 8.50. The summed E-state index contributed by atoms with van der Waals surface area (Å²) in [7, 11) is 1.64. The number of halogens is 1. The number of benzene rings is 3. The molecule has 3 N–H and O–H groups in total. The van der Waals surface area contributed by atoms with E-state index in [0.717, 1.165) is 10.1 Å². The van der Waals surface area contributed by atoms with E-state index in [-0.39, 0.29) is 17.1 Å². The Bertz CT molecular complexity index is 1470. The van der Waals surface area contributed by atoms with Crippen molar-refractivity contribution in [1.82, 2.24) is 9.88 Å². The normalized spacial score (nSPS) is 11.5. The lowest BCUT2D eigenvalue weighted by atomic mass is 10.1. The lowest BCUT2D eigenvalue weighted by Gasteiger charge is -2.16. The summed E-state index contributed by atoms with van der Waals surface area (Å²) in [5, 5.41) is 8.66. The molecule has 3 aromatic carbocycles. The quantitative estimate of drug-likeness (QED) is 0.333. The van der Waals surface area contributed by atoms with Gasteiger partial charge in [-0.3, -0.25) is 14.4 Å². The minimum absolute atomic E-state index is 0.00530. The highest BCUT2D eigenvalue weighted by molar-refractivity contribution is 6.00. The van der Waals surface area contributed by atoms with Crippen molar-refractivity contribution in [2.24, 2.45) is 0 Å². The minimum atomic E-state index is -0.632. The van der Waals surface area contributed by atoms with Crippen LogP contribution in [0.1, 0.15) is 22.8 Å². The van der Waals surface area contributed by atoms with Crippen LogP contribution in [0.3, 0.4) is 0 Å². The van der Waals surface area contributed by atoms with Crippen LogP contribution < -0.4 is 21.5 Å². The van der Waals surface area contributed by atoms with Gasteiger partial charge in [-0.15, -0.1) is 0 Å². The zero-order chi connectivity index (χ0) is 26.4. The highest BCUT2D eigenvalue weighted by atomic mass is 19.1. The summed E-state index contributed by atoms with van der Waals surface area (Å²) in [6.45, 7) is 2.10. The number of amides is 1. The third kappa shape index (κ3) is 5.99. The second-order valence-electron chi connectivity index (χ2n) is 8.50. The van der Waals surface area contributed by atoms with Gasteiger partial charge in [0.15, 0.2) is 0 Å². The van der Waals surface area contributed by atoms with Gasteiger partial charge in [-0.1, -0.05) is 48.5 Å². The number of pyridine rings is 1. The Morgan fingerprint density at radius 3 is 2.35 bits per heavy atom. The van der Waals surface area contributed by atoms with E-state index in [1.807, 2.05) is 18.2 Å². The Morgan fingerprint density at radius 1 is 0.919 bits per heavy atom. The van der Waals surface area contributed by atoms with Crippen LogP contribution in [0.4, 0.5) is 15.8 Å². The summed E-state index contributed by atoms with van der Waals surface area (Å²) in [6, 6.07) is 24.6. The first-order chi connectivity index (χ1) is 17.9. The van der Waals surface area contributed by atoms with E-state index in [1.54, 1.807) is 68.6 Å². The van der Waals surface area contributed by atoms with Crippen molar-refractivity contribution >= 4 is 23.2 Å². The van der Waals surface area contributed by atoms with E-state index in [2.05, 4.69) is 16.0 Å². The number of aromatic nitrogens is 1. The summed E-state index contributed by atoms with van der Waals surface area (Å²) in [5.74, 6) is -1.24. The molecule has 4 aromatic rings. The number of carbonyl (C=O) groups excluding carboxylic acids is 2. The van der Waals surface area contributed by atoms with Gasteiger partial charge >= 0.3 is 0 Å². The fourth-order valence-corrected chi connectivity index (χ4v) is 3.74. The van der Waals surface area contributed by atoms with E-state index in [4.69, 9.17) is 0 Å². The fraction of sp³-hybridized carbons (Fsp3) is 0.138. The first-order valence-electron chi connectivity index (χ1n) is 11.8. The summed E-state index contributed by atoms with van der Waals surface area (Å²) in [4.78, 5) is 39.6. The van der Waals surface area contributed by atoms with Crippen molar-refractivity contribution in [3.63, 3.8) is 0 Å². The van der Waals surface area contributed by atoms with E-state index in [1.165, 1.54) is 18.2 Å². The molecule has 0 aliphatic carbocycles. The van der Waals surface area contributed by atoms with Crippen LogP contribution in [0.15, 0.2) is 95.8 Å². The molecule has 37 heavy (non-hydrogen) atoms. The molecule has 1 atom stereocenters. The number of anilines is 2. The highest BCUT2D eigenvalue weighted by Crippen LogP contribution is 2.22. The van der Waals surface area contributed by atoms with Crippen LogP contribution in [0.5, 0.6) is 0 Å². The van der Waals surface area contributed by atoms with E-state index < -0.39 is 23.4 Å². The number of nitrogens with one attached hydrogen (secondary N) is 3. The predicted octanol–water partition coefficient (Wildman–Crippen LogP) is 4.50.